The van der Waals surface area contributed by atoms with E-state index in [1.165, 1.54) is 24.3 Å². The normalized spacial score (nSPS) is 16.5. The molecular weight excluding hydrogens is 528 g/mol. The minimum atomic E-state index is -4.54. The van der Waals surface area contributed by atoms with Gasteiger partial charge in [-0.15, -0.1) is 0 Å². The van der Waals surface area contributed by atoms with Crippen LogP contribution in [0.3, 0.4) is 0 Å². The number of benzene rings is 2. The molecule has 12 nitrogen and oxygen atoms in total. The summed E-state index contributed by atoms with van der Waals surface area (Å²) < 4.78 is 27.4. The van der Waals surface area contributed by atoms with Crippen molar-refractivity contribution in [1.82, 2.24) is 20.3 Å². The van der Waals surface area contributed by atoms with E-state index in [1.807, 2.05) is 4.72 Å². The number of carbonyl (C=O) groups is 4. The zero-order valence-electron chi connectivity index (χ0n) is 21.1. The number of hydrogen-bond acceptors (Lipinski definition) is 7. The summed E-state index contributed by atoms with van der Waals surface area (Å²) in [6.07, 6.45) is 3.08. The third-order valence-electron chi connectivity index (χ3n) is 6.99. The Balaban J connectivity index is 1.39. The van der Waals surface area contributed by atoms with E-state index in [2.05, 4.69) is 10.6 Å². The van der Waals surface area contributed by atoms with E-state index >= 15 is 0 Å². The predicted octanol–water partition coefficient (Wildman–Crippen LogP) is 0.892. The van der Waals surface area contributed by atoms with Gasteiger partial charge in [0.2, 0.25) is 10.0 Å². The molecule has 2 aromatic carbocycles. The van der Waals surface area contributed by atoms with Crippen molar-refractivity contribution in [1.29, 1.82) is 0 Å². The lowest BCUT2D eigenvalue weighted by Crippen LogP contribution is -2.48. The molecule has 1 fully saturated rings. The topological polar surface area (TPSA) is 182 Å². The molecule has 0 radical (unpaired) electrons. The summed E-state index contributed by atoms with van der Waals surface area (Å²) in [6, 6.07) is 7.67. The first-order valence-electron chi connectivity index (χ1n) is 12.6. The van der Waals surface area contributed by atoms with Gasteiger partial charge in [-0.1, -0.05) is 18.2 Å². The van der Waals surface area contributed by atoms with E-state index in [4.69, 9.17) is 0 Å². The number of carboxylic acid groups (broad SMARTS) is 2. The molecule has 4 rings (SSSR count). The van der Waals surface area contributed by atoms with Crippen LogP contribution in [0.4, 0.5) is 0 Å². The molecule has 2 heterocycles. The number of nitrogens with zero attached hydrogens (tertiary/aromatic N) is 1. The van der Waals surface area contributed by atoms with Gasteiger partial charge >= 0.3 is 11.9 Å². The van der Waals surface area contributed by atoms with Crippen molar-refractivity contribution < 1.29 is 37.8 Å². The number of piperidine rings is 1. The Morgan fingerprint density at radius 3 is 2.49 bits per heavy atom. The van der Waals surface area contributed by atoms with Crippen LogP contribution in [0, 0.1) is 5.92 Å². The molecule has 2 aliphatic heterocycles. The predicted molar refractivity (Wildman–Crippen MR) is 139 cm³/mol. The second-order valence-corrected chi connectivity index (χ2v) is 11.3. The van der Waals surface area contributed by atoms with Gasteiger partial charge in [0.1, 0.15) is 6.04 Å². The molecule has 0 saturated carbocycles. The smallest absolute Gasteiger partial charge is 0.337 e. The minimum absolute atomic E-state index is 0.130. The Bertz CT molecular complexity index is 1390. The van der Waals surface area contributed by atoms with Gasteiger partial charge in [-0.2, -0.15) is 4.72 Å². The van der Waals surface area contributed by atoms with Crippen LogP contribution in [0.25, 0.3) is 0 Å². The first-order chi connectivity index (χ1) is 18.6. The highest BCUT2D eigenvalue weighted by atomic mass is 32.2. The number of aliphatic carboxylic acids is 1. The molecule has 2 aliphatic rings. The number of fused-ring (bicyclic) bond motifs is 1. The third kappa shape index (κ3) is 6.61. The lowest BCUT2D eigenvalue weighted by molar-refractivity contribution is -0.138. The molecule has 13 heteroatoms. The standard InChI is InChI=1S/C26H30N4O8S/c31-23(28-14-21(26(35)36)29-39(37,38)22-4-2-1-3-19(22)25(33)34)17-5-6-18-15-30(24(32)20(18)13-17)12-9-16-7-10-27-11-8-16/h1-6,13,16,21,27,29H,7-12,14-15H2,(H,28,31)(H,33,34)(H,35,36)/t21-/m0/s1. The summed E-state index contributed by atoms with van der Waals surface area (Å²) in [5.41, 5.74) is 0.820. The summed E-state index contributed by atoms with van der Waals surface area (Å²) in [4.78, 5) is 50.0. The van der Waals surface area contributed by atoms with E-state index in [1.54, 1.807) is 11.0 Å². The largest absolute Gasteiger partial charge is 0.480 e. The van der Waals surface area contributed by atoms with E-state index in [9.17, 15) is 37.8 Å². The lowest BCUT2D eigenvalue weighted by Gasteiger charge is -2.25. The molecule has 2 aromatic rings. The number of rotatable bonds is 11. The van der Waals surface area contributed by atoms with Gasteiger partial charge in [-0.05, 0) is 68.1 Å². The van der Waals surface area contributed by atoms with Crippen molar-refractivity contribution >= 4 is 33.8 Å². The lowest BCUT2D eigenvalue weighted by atomic mass is 9.94. The molecule has 1 saturated heterocycles. The fourth-order valence-electron chi connectivity index (χ4n) is 4.80. The fraction of sp³-hybridized carbons (Fsp3) is 0.385. The van der Waals surface area contributed by atoms with Crippen LogP contribution in [0.15, 0.2) is 47.4 Å². The zero-order valence-corrected chi connectivity index (χ0v) is 21.9. The molecule has 5 N–H and O–H groups in total. The molecule has 1 atom stereocenters. The average Bonchev–Trinajstić information content (AvgIpc) is 3.24. The maximum Gasteiger partial charge on any atom is 0.337 e. The van der Waals surface area contributed by atoms with Crippen LogP contribution in [-0.2, 0) is 21.4 Å². The Hall–Kier alpha value is -3.81. The van der Waals surface area contributed by atoms with Crippen molar-refractivity contribution in [2.24, 2.45) is 5.92 Å². The molecule has 39 heavy (non-hydrogen) atoms. The van der Waals surface area contributed by atoms with Crippen molar-refractivity contribution in [3.63, 3.8) is 0 Å². The Morgan fingerprint density at radius 1 is 1.08 bits per heavy atom. The van der Waals surface area contributed by atoms with Crippen LogP contribution in [-0.4, -0.2) is 79.5 Å². The van der Waals surface area contributed by atoms with Crippen LogP contribution in [0.1, 0.15) is 55.9 Å². The quantitative estimate of drug-likeness (QED) is 0.267. The van der Waals surface area contributed by atoms with Gasteiger partial charge in [0, 0.05) is 30.8 Å². The molecule has 208 valence electrons. The highest BCUT2D eigenvalue weighted by Crippen LogP contribution is 2.26. The summed E-state index contributed by atoms with van der Waals surface area (Å²) in [6.45, 7) is 2.44. The van der Waals surface area contributed by atoms with Gasteiger partial charge in [-0.25, -0.2) is 13.2 Å². The fourth-order valence-corrected chi connectivity index (χ4v) is 6.18. The number of aromatic carboxylic acids is 1. The van der Waals surface area contributed by atoms with Crippen LogP contribution in [0.2, 0.25) is 0 Å². The van der Waals surface area contributed by atoms with E-state index in [0.29, 0.717) is 24.6 Å². The van der Waals surface area contributed by atoms with E-state index in [-0.39, 0.29) is 11.5 Å². The van der Waals surface area contributed by atoms with Gasteiger partial charge in [0.15, 0.2) is 0 Å². The molecule has 2 amide bonds. The SMILES string of the molecule is O=C(NC[C@H](NS(=O)(=O)c1ccccc1C(=O)O)C(=O)O)c1ccc2c(c1)C(=O)N(CCC1CCNCC1)C2. The van der Waals surface area contributed by atoms with Crippen molar-refractivity contribution in [3.8, 4) is 0 Å². The molecule has 0 aromatic heterocycles. The highest BCUT2D eigenvalue weighted by Gasteiger charge is 2.31. The Labute approximate surface area is 225 Å². The first-order valence-corrected chi connectivity index (χ1v) is 14.0. The van der Waals surface area contributed by atoms with E-state index < -0.39 is 50.9 Å². The number of amides is 2. The Morgan fingerprint density at radius 2 is 1.79 bits per heavy atom. The average molecular weight is 559 g/mol. The van der Waals surface area contributed by atoms with E-state index in [0.717, 1.165) is 50.0 Å². The van der Waals surface area contributed by atoms with Crippen LogP contribution in [0.5, 0.6) is 0 Å². The first kappa shape index (κ1) is 28.2. The van der Waals surface area contributed by atoms with Crippen LogP contribution < -0.4 is 15.4 Å². The number of carbonyl (C=O) groups excluding carboxylic acids is 2. The number of nitrogens with one attached hydrogen (secondary N) is 3. The van der Waals surface area contributed by atoms with Crippen molar-refractivity contribution in [2.45, 2.75) is 36.7 Å². The van der Waals surface area contributed by atoms with Gasteiger partial charge in [-0.3, -0.25) is 14.4 Å². The number of sulfonamides is 1. The second kappa shape index (κ2) is 11.9. The number of carboxylic acids is 2. The van der Waals surface area contributed by atoms with Crippen molar-refractivity contribution in [3.05, 3.63) is 64.7 Å². The minimum Gasteiger partial charge on any atom is -0.480 e. The monoisotopic (exact) mass is 558 g/mol. The molecule has 0 unspecified atom stereocenters. The maximum atomic E-state index is 13.0. The zero-order chi connectivity index (χ0) is 28.2. The second-order valence-electron chi connectivity index (χ2n) is 9.60. The van der Waals surface area contributed by atoms with Gasteiger partial charge in [0.25, 0.3) is 11.8 Å². The van der Waals surface area contributed by atoms with Crippen molar-refractivity contribution in [2.75, 3.05) is 26.2 Å². The Kier molecular flexibility index (Phi) is 8.63. The summed E-state index contributed by atoms with van der Waals surface area (Å²) in [5.74, 6) is -3.34. The molecule has 0 bridgehead atoms. The maximum absolute atomic E-state index is 13.0. The number of hydrogen-bond donors (Lipinski definition) is 5. The molecular formula is C26H30N4O8S. The summed E-state index contributed by atoms with van der Waals surface area (Å²) >= 11 is 0. The molecule has 0 spiro atoms. The van der Waals surface area contributed by atoms with Crippen LogP contribution >= 0.6 is 0 Å². The summed E-state index contributed by atoms with van der Waals surface area (Å²) in [7, 11) is -4.54. The van der Waals surface area contributed by atoms with Gasteiger partial charge < -0.3 is 25.7 Å². The highest BCUT2D eigenvalue weighted by molar-refractivity contribution is 7.89. The van der Waals surface area contributed by atoms with Gasteiger partial charge in [0.05, 0.1) is 10.5 Å². The molecule has 0 aliphatic carbocycles. The summed E-state index contributed by atoms with van der Waals surface area (Å²) in [5, 5.41) is 24.5. The third-order valence-corrected chi connectivity index (χ3v) is 8.52.